The highest BCUT2D eigenvalue weighted by Gasteiger charge is 2.22. The normalized spacial score (nSPS) is 19.2. The van der Waals surface area contributed by atoms with Crippen LogP contribution in [0.25, 0.3) is 0 Å². The van der Waals surface area contributed by atoms with E-state index in [-0.39, 0.29) is 6.04 Å². The molecular formula is C15H21NO3. The van der Waals surface area contributed by atoms with Crippen molar-refractivity contribution in [3.8, 4) is 11.5 Å². The van der Waals surface area contributed by atoms with Crippen molar-refractivity contribution in [2.24, 2.45) is 0 Å². The maximum absolute atomic E-state index is 5.93. The number of fused-ring (bicyclic) bond motifs is 1. The van der Waals surface area contributed by atoms with Crippen molar-refractivity contribution in [2.45, 2.75) is 38.3 Å². The second kappa shape index (κ2) is 5.80. The summed E-state index contributed by atoms with van der Waals surface area (Å²) < 4.78 is 16.7. The van der Waals surface area contributed by atoms with Gasteiger partial charge in [0.15, 0.2) is 11.5 Å². The van der Waals surface area contributed by atoms with Gasteiger partial charge in [-0.25, -0.2) is 0 Å². The van der Waals surface area contributed by atoms with Crippen LogP contribution in [0.4, 0.5) is 0 Å². The van der Waals surface area contributed by atoms with Crippen molar-refractivity contribution in [2.75, 3.05) is 19.9 Å². The summed E-state index contributed by atoms with van der Waals surface area (Å²) in [6, 6.07) is 6.34. The van der Waals surface area contributed by atoms with Crippen molar-refractivity contribution >= 4 is 0 Å². The van der Waals surface area contributed by atoms with Gasteiger partial charge < -0.3 is 19.5 Å². The molecular weight excluding hydrogens is 242 g/mol. The molecule has 1 aliphatic heterocycles. The maximum atomic E-state index is 5.93. The Kier molecular flexibility index (Phi) is 3.89. The van der Waals surface area contributed by atoms with Crippen LogP contribution in [0.5, 0.6) is 11.5 Å². The van der Waals surface area contributed by atoms with E-state index >= 15 is 0 Å². The van der Waals surface area contributed by atoms with E-state index in [0.29, 0.717) is 12.9 Å². The molecule has 0 amide bonds. The zero-order valence-corrected chi connectivity index (χ0v) is 11.4. The summed E-state index contributed by atoms with van der Waals surface area (Å²) in [5, 5.41) is 3.47. The minimum Gasteiger partial charge on any atom is -0.454 e. The predicted molar refractivity (Wildman–Crippen MR) is 72.6 cm³/mol. The average Bonchev–Trinajstić information content (AvgIpc) is 2.82. The lowest BCUT2D eigenvalue weighted by Crippen LogP contribution is -2.30. The van der Waals surface area contributed by atoms with E-state index in [1.807, 2.05) is 6.07 Å². The Morgan fingerprint density at radius 2 is 2.16 bits per heavy atom. The Morgan fingerprint density at radius 1 is 1.32 bits per heavy atom. The molecule has 1 aromatic carbocycles. The first-order chi connectivity index (χ1) is 9.36. The molecule has 1 fully saturated rings. The molecule has 0 spiro atoms. The third-order valence-electron chi connectivity index (χ3n) is 3.80. The molecule has 104 valence electrons. The van der Waals surface area contributed by atoms with Gasteiger partial charge in [0.25, 0.3) is 0 Å². The standard InChI is InChI=1S/C15H21NO3/c1-2-16-13(9-17-12-4-3-5-12)11-6-7-14-15(8-11)19-10-18-14/h6-8,12-13,16H,2-5,9-10H2,1H3. The highest BCUT2D eigenvalue weighted by atomic mass is 16.7. The molecule has 0 bridgehead atoms. The minimum absolute atomic E-state index is 0.222. The van der Waals surface area contributed by atoms with Crippen LogP contribution in [0.1, 0.15) is 37.8 Å². The van der Waals surface area contributed by atoms with Crippen LogP contribution in [-0.2, 0) is 4.74 Å². The van der Waals surface area contributed by atoms with Gasteiger partial charge in [0.1, 0.15) is 0 Å². The van der Waals surface area contributed by atoms with Crippen LogP contribution in [-0.4, -0.2) is 26.0 Å². The summed E-state index contributed by atoms with van der Waals surface area (Å²) in [5.41, 5.74) is 1.20. The number of nitrogens with one attached hydrogen (secondary N) is 1. The fraction of sp³-hybridized carbons (Fsp3) is 0.600. The molecule has 1 N–H and O–H groups in total. The molecule has 2 aliphatic rings. The second-order valence-electron chi connectivity index (χ2n) is 5.11. The van der Waals surface area contributed by atoms with Gasteiger partial charge in [-0.3, -0.25) is 0 Å². The molecule has 4 nitrogen and oxygen atoms in total. The third-order valence-corrected chi connectivity index (χ3v) is 3.80. The fourth-order valence-corrected chi connectivity index (χ4v) is 2.42. The molecule has 1 atom stereocenters. The monoisotopic (exact) mass is 263 g/mol. The van der Waals surface area contributed by atoms with Crippen molar-refractivity contribution in [1.82, 2.24) is 5.32 Å². The summed E-state index contributed by atoms with van der Waals surface area (Å²) in [5.74, 6) is 1.67. The zero-order chi connectivity index (χ0) is 13.1. The average molecular weight is 263 g/mol. The second-order valence-corrected chi connectivity index (χ2v) is 5.11. The van der Waals surface area contributed by atoms with Gasteiger partial charge in [0, 0.05) is 0 Å². The van der Waals surface area contributed by atoms with Crippen molar-refractivity contribution < 1.29 is 14.2 Å². The van der Waals surface area contributed by atoms with E-state index in [9.17, 15) is 0 Å². The molecule has 1 aliphatic carbocycles. The summed E-state index contributed by atoms with van der Waals surface area (Å²) in [4.78, 5) is 0. The highest BCUT2D eigenvalue weighted by Crippen LogP contribution is 2.34. The van der Waals surface area contributed by atoms with Crippen molar-refractivity contribution in [3.63, 3.8) is 0 Å². The first kappa shape index (κ1) is 12.8. The molecule has 19 heavy (non-hydrogen) atoms. The van der Waals surface area contributed by atoms with Gasteiger partial charge in [0.05, 0.1) is 18.8 Å². The molecule has 0 saturated heterocycles. The largest absolute Gasteiger partial charge is 0.454 e. The van der Waals surface area contributed by atoms with Gasteiger partial charge in [-0.1, -0.05) is 13.0 Å². The van der Waals surface area contributed by atoms with E-state index in [0.717, 1.165) is 24.7 Å². The van der Waals surface area contributed by atoms with Crippen LogP contribution in [0, 0.1) is 0 Å². The number of benzene rings is 1. The summed E-state index contributed by atoms with van der Waals surface area (Å²) in [6.45, 7) is 4.08. The summed E-state index contributed by atoms with van der Waals surface area (Å²) >= 11 is 0. The van der Waals surface area contributed by atoms with E-state index in [1.165, 1.54) is 24.8 Å². The molecule has 0 aromatic heterocycles. The molecule has 1 saturated carbocycles. The smallest absolute Gasteiger partial charge is 0.231 e. The molecule has 3 rings (SSSR count). The molecule has 1 unspecified atom stereocenters. The van der Waals surface area contributed by atoms with Gasteiger partial charge in [-0.05, 0) is 43.5 Å². The van der Waals surface area contributed by atoms with Crippen LogP contribution >= 0.6 is 0 Å². The quantitative estimate of drug-likeness (QED) is 0.856. The Bertz CT molecular complexity index is 431. The molecule has 1 heterocycles. The number of likely N-dealkylation sites (N-methyl/N-ethyl adjacent to an activating group) is 1. The lowest BCUT2D eigenvalue weighted by Gasteiger charge is -2.28. The first-order valence-corrected chi connectivity index (χ1v) is 7.11. The van der Waals surface area contributed by atoms with Gasteiger partial charge in [-0.2, -0.15) is 0 Å². The molecule has 4 heteroatoms. The van der Waals surface area contributed by atoms with Crippen molar-refractivity contribution in [1.29, 1.82) is 0 Å². The van der Waals surface area contributed by atoms with Gasteiger partial charge >= 0.3 is 0 Å². The zero-order valence-electron chi connectivity index (χ0n) is 11.4. The topological polar surface area (TPSA) is 39.7 Å². The lowest BCUT2D eigenvalue weighted by atomic mass is 9.96. The van der Waals surface area contributed by atoms with Gasteiger partial charge in [-0.15, -0.1) is 0 Å². The van der Waals surface area contributed by atoms with Crippen LogP contribution in [0.2, 0.25) is 0 Å². The van der Waals surface area contributed by atoms with E-state index in [2.05, 4.69) is 24.4 Å². The van der Waals surface area contributed by atoms with Gasteiger partial charge in [0.2, 0.25) is 6.79 Å². The number of rotatable bonds is 6. The van der Waals surface area contributed by atoms with Crippen LogP contribution in [0.15, 0.2) is 18.2 Å². The van der Waals surface area contributed by atoms with E-state index in [4.69, 9.17) is 14.2 Å². The molecule has 1 aromatic rings. The summed E-state index contributed by atoms with van der Waals surface area (Å²) in [7, 11) is 0. The van der Waals surface area contributed by atoms with Crippen molar-refractivity contribution in [3.05, 3.63) is 23.8 Å². The fourth-order valence-electron chi connectivity index (χ4n) is 2.42. The first-order valence-electron chi connectivity index (χ1n) is 7.11. The number of hydrogen-bond acceptors (Lipinski definition) is 4. The van der Waals surface area contributed by atoms with E-state index < -0.39 is 0 Å². The predicted octanol–water partition coefficient (Wildman–Crippen LogP) is 2.64. The summed E-state index contributed by atoms with van der Waals surface area (Å²) in [6.07, 6.45) is 4.19. The van der Waals surface area contributed by atoms with E-state index in [1.54, 1.807) is 0 Å². The Morgan fingerprint density at radius 3 is 2.89 bits per heavy atom. The Balaban J connectivity index is 1.67. The number of hydrogen-bond donors (Lipinski definition) is 1. The number of ether oxygens (including phenoxy) is 3. The van der Waals surface area contributed by atoms with Crippen LogP contribution in [0.3, 0.4) is 0 Å². The lowest BCUT2D eigenvalue weighted by molar-refractivity contribution is -0.00862. The Labute approximate surface area is 114 Å². The maximum Gasteiger partial charge on any atom is 0.231 e. The third kappa shape index (κ3) is 2.85. The van der Waals surface area contributed by atoms with Crippen LogP contribution < -0.4 is 14.8 Å². The highest BCUT2D eigenvalue weighted by molar-refractivity contribution is 5.45. The Hall–Kier alpha value is -1.26. The molecule has 0 radical (unpaired) electrons. The SMILES string of the molecule is CCNC(COC1CCC1)c1ccc2c(c1)OCO2. The minimum atomic E-state index is 0.222.